The molecule has 0 atom stereocenters. The van der Waals surface area contributed by atoms with Crippen LogP contribution in [0.2, 0.25) is 5.02 Å². The molecule has 0 fully saturated rings. The predicted octanol–water partition coefficient (Wildman–Crippen LogP) is 5.44. The van der Waals surface area contributed by atoms with E-state index in [1.807, 2.05) is 55.5 Å². The maximum atomic E-state index is 12.1. The molecule has 0 amide bonds. The van der Waals surface area contributed by atoms with Crippen LogP contribution in [-0.4, -0.2) is 19.2 Å². The summed E-state index contributed by atoms with van der Waals surface area (Å²) in [5.74, 6) is 1.23. The first-order valence-corrected chi connectivity index (χ1v) is 9.99. The molecular weight excluding hydrogens is 404 g/mol. The van der Waals surface area contributed by atoms with Gasteiger partial charge in [0.2, 0.25) is 0 Å². The smallest absolute Gasteiger partial charge is 0.344 e. The highest BCUT2D eigenvalue weighted by atomic mass is 35.5. The van der Waals surface area contributed by atoms with Crippen molar-refractivity contribution in [2.24, 2.45) is 0 Å². The van der Waals surface area contributed by atoms with Crippen molar-refractivity contribution in [1.82, 2.24) is 0 Å². The number of carbonyl (C=O) groups excluding carboxylic acids is 1. The molecule has 0 N–H and O–H groups in total. The summed E-state index contributed by atoms with van der Waals surface area (Å²) in [4.78, 5) is 12.1. The first kappa shape index (κ1) is 21.5. The topological polar surface area (TPSA) is 54.0 Å². The minimum atomic E-state index is -0.485. The van der Waals surface area contributed by atoms with E-state index in [-0.39, 0.29) is 13.2 Å². The highest BCUT2D eigenvalue weighted by Crippen LogP contribution is 2.32. The summed E-state index contributed by atoms with van der Waals surface area (Å²) >= 11 is 5.84. The molecule has 0 heterocycles. The maximum Gasteiger partial charge on any atom is 0.344 e. The summed E-state index contributed by atoms with van der Waals surface area (Å²) in [6.07, 6.45) is 0. The van der Waals surface area contributed by atoms with Crippen LogP contribution >= 0.6 is 11.6 Å². The fraction of sp³-hybridized carbons (Fsp3) is 0.208. The lowest BCUT2D eigenvalue weighted by Crippen LogP contribution is -2.15. The molecule has 0 saturated heterocycles. The van der Waals surface area contributed by atoms with Gasteiger partial charge in [0.1, 0.15) is 19.0 Å². The second-order valence-corrected chi connectivity index (χ2v) is 6.79. The predicted molar refractivity (Wildman–Crippen MR) is 115 cm³/mol. The zero-order valence-electron chi connectivity index (χ0n) is 16.7. The van der Waals surface area contributed by atoms with Crippen LogP contribution in [0.4, 0.5) is 0 Å². The zero-order chi connectivity index (χ0) is 21.2. The summed E-state index contributed by atoms with van der Waals surface area (Å²) < 4.78 is 22.5. The molecule has 0 bridgehead atoms. The maximum absolute atomic E-state index is 12.1. The van der Waals surface area contributed by atoms with Crippen LogP contribution in [0.3, 0.4) is 0 Å². The molecule has 0 radical (unpaired) electrons. The third-order valence-corrected chi connectivity index (χ3v) is 4.40. The average Bonchev–Trinajstić information content (AvgIpc) is 2.77. The van der Waals surface area contributed by atoms with Gasteiger partial charge in [-0.25, -0.2) is 4.79 Å². The standard InChI is InChI=1S/C24H23ClO5/c1-2-27-22-10-6-9-19(24(22)30-15-18-7-4-3-5-8-18)16-29-23(26)17-28-21-13-11-20(25)12-14-21/h3-14H,2,15-17H2,1H3. The lowest BCUT2D eigenvalue weighted by Gasteiger charge is -2.16. The number of halogens is 1. The highest BCUT2D eigenvalue weighted by molar-refractivity contribution is 6.30. The summed E-state index contributed by atoms with van der Waals surface area (Å²) in [5.41, 5.74) is 1.75. The van der Waals surface area contributed by atoms with Crippen LogP contribution in [-0.2, 0) is 22.7 Å². The fourth-order valence-electron chi connectivity index (χ4n) is 2.71. The number of hydrogen-bond acceptors (Lipinski definition) is 5. The van der Waals surface area contributed by atoms with E-state index in [1.165, 1.54) is 0 Å². The Kier molecular flexibility index (Phi) is 7.98. The Morgan fingerprint density at radius 1 is 0.833 bits per heavy atom. The van der Waals surface area contributed by atoms with Crippen LogP contribution in [0.25, 0.3) is 0 Å². The molecular formula is C24H23ClO5. The SMILES string of the molecule is CCOc1cccc(COC(=O)COc2ccc(Cl)cc2)c1OCc1ccccc1. The van der Waals surface area contributed by atoms with Gasteiger partial charge in [-0.1, -0.05) is 54.1 Å². The Morgan fingerprint density at radius 3 is 2.33 bits per heavy atom. The quantitative estimate of drug-likeness (QED) is 0.404. The van der Waals surface area contributed by atoms with E-state index in [0.29, 0.717) is 35.5 Å². The minimum Gasteiger partial charge on any atom is -0.490 e. The molecule has 0 aromatic heterocycles. The number of rotatable bonds is 10. The highest BCUT2D eigenvalue weighted by Gasteiger charge is 2.14. The molecule has 0 aliphatic heterocycles. The van der Waals surface area contributed by atoms with E-state index < -0.39 is 5.97 Å². The van der Waals surface area contributed by atoms with Crippen molar-refractivity contribution in [3.05, 3.63) is 88.9 Å². The molecule has 0 spiro atoms. The normalized spacial score (nSPS) is 10.3. The van der Waals surface area contributed by atoms with Crippen molar-refractivity contribution in [2.75, 3.05) is 13.2 Å². The fourth-order valence-corrected chi connectivity index (χ4v) is 2.84. The molecule has 5 nitrogen and oxygen atoms in total. The number of hydrogen-bond donors (Lipinski definition) is 0. The van der Waals surface area contributed by atoms with Gasteiger partial charge in [-0.15, -0.1) is 0 Å². The number of carbonyl (C=O) groups is 1. The van der Waals surface area contributed by atoms with E-state index in [2.05, 4.69) is 0 Å². The summed E-state index contributed by atoms with van der Waals surface area (Å²) in [5, 5.41) is 0.599. The van der Waals surface area contributed by atoms with E-state index in [0.717, 1.165) is 11.1 Å². The van der Waals surface area contributed by atoms with Gasteiger partial charge in [0.25, 0.3) is 0 Å². The largest absolute Gasteiger partial charge is 0.490 e. The molecule has 3 rings (SSSR count). The molecule has 156 valence electrons. The molecule has 0 aliphatic carbocycles. The number of ether oxygens (including phenoxy) is 4. The third-order valence-electron chi connectivity index (χ3n) is 4.15. The van der Waals surface area contributed by atoms with E-state index in [9.17, 15) is 4.79 Å². The van der Waals surface area contributed by atoms with Crippen LogP contribution in [0.5, 0.6) is 17.2 Å². The molecule has 6 heteroatoms. The zero-order valence-corrected chi connectivity index (χ0v) is 17.4. The lowest BCUT2D eigenvalue weighted by atomic mass is 10.2. The van der Waals surface area contributed by atoms with Crippen LogP contribution in [0, 0.1) is 0 Å². The van der Waals surface area contributed by atoms with Gasteiger partial charge in [-0.3, -0.25) is 0 Å². The molecule has 0 unspecified atom stereocenters. The second kappa shape index (κ2) is 11.1. The Morgan fingerprint density at radius 2 is 1.60 bits per heavy atom. The monoisotopic (exact) mass is 426 g/mol. The van der Waals surface area contributed by atoms with Gasteiger partial charge in [-0.2, -0.15) is 0 Å². The van der Waals surface area contributed by atoms with Crippen molar-refractivity contribution in [1.29, 1.82) is 0 Å². The van der Waals surface area contributed by atoms with Gasteiger partial charge in [0, 0.05) is 10.6 Å². The van der Waals surface area contributed by atoms with Crippen molar-refractivity contribution in [3.63, 3.8) is 0 Å². The van der Waals surface area contributed by atoms with E-state index in [1.54, 1.807) is 24.3 Å². The summed E-state index contributed by atoms with van der Waals surface area (Å²) in [7, 11) is 0. The van der Waals surface area contributed by atoms with Crippen LogP contribution in [0.1, 0.15) is 18.1 Å². The van der Waals surface area contributed by atoms with Gasteiger partial charge in [-0.05, 0) is 42.8 Å². The van der Waals surface area contributed by atoms with E-state index >= 15 is 0 Å². The van der Waals surface area contributed by atoms with Crippen molar-refractivity contribution in [2.45, 2.75) is 20.1 Å². The van der Waals surface area contributed by atoms with Gasteiger partial charge in [0.05, 0.1) is 6.61 Å². The number of esters is 1. The van der Waals surface area contributed by atoms with Gasteiger partial charge >= 0.3 is 5.97 Å². The first-order chi connectivity index (χ1) is 14.7. The van der Waals surface area contributed by atoms with Gasteiger partial charge in [0.15, 0.2) is 18.1 Å². The van der Waals surface area contributed by atoms with Crippen molar-refractivity contribution < 1.29 is 23.7 Å². The Labute approximate surface area is 181 Å². The molecule has 3 aromatic rings. The average molecular weight is 427 g/mol. The molecule has 30 heavy (non-hydrogen) atoms. The van der Waals surface area contributed by atoms with Gasteiger partial charge < -0.3 is 18.9 Å². The van der Waals surface area contributed by atoms with Crippen molar-refractivity contribution >= 4 is 17.6 Å². The van der Waals surface area contributed by atoms with Crippen molar-refractivity contribution in [3.8, 4) is 17.2 Å². The minimum absolute atomic E-state index is 0.0495. The third kappa shape index (κ3) is 6.42. The second-order valence-electron chi connectivity index (χ2n) is 6.35. The summed E-state index contributed by atoms with van der Waals surface area (Å²) in [6.45, 7) is 2.63. The lowest BCUT2D eigenvalue weighted by molar-refractivity contribution is -0.147. The molecule has 3 aromatic carbocycles. The number of para-hydroxylation sites is 1. The molecule has 0 saturated carbocycles. The molecule has 0 aliphatic rings. The Balaban J connectivity index is 1.61. The summed E-state index contributed by atoms with van der Waals surface area (Å²) in [6, 6.07) is 22.1. The Hall–Kier alpha value is -3.18. The van der Waals surface area contributed by atoms with Crippen LogP contribution in [0.15, 0.2) is 72.8 Å². The number of benzene rings is 3. The Bertz CT molecular complexity index is 942. The van der Waals surface area contributed by atoms with E-state index in [4.69, 9.17) is 30.5 Å². The first-order valence-electron chi connectivity index (χ1n) is 9.61. The van der Waals surface area contributed by atoms with Crippen LogP contribution < -0.4 is 14.2 Å².